The first-order chi connectivity index (χ1) is 8.59. The summed E-state index contributed by atoms with van der Waals surface area (Å²) in [4.78, 5) is 23.5. The second-order valence-electron chi connectivity index (χ2n) is 4.40. The molecule has 0 saturated heterocycles. The summed E-state index contributed by atoms with van der Waals surface area (Å²) in [5, 5.41) is 10.8. The van der Waals surface area contributed by atoms with Crippen LogP contribution in [0.15, 0.2) is 39.7 Å². The molecule has 1 atom stereocenters. The molecule has 0 spiro atoms. The summed E-state index contributed by atoms with van der Waals surface area (Å²) in [6.07, 6.45) is 0. The van der Waals surface area contributed by atoms with Crippen LogP contribution in [-0.2, 0) is 4.79 Å². The van der Waals surface area contributed by atoms with E-state index < -0.39 is 0 Å². The van der Waals surface area contributed by atoms with Gasteiger partial charge in [0.15, 0.2) is 5.78 Å². The van der Waals surface area contributed by atoms with E-state index in [1.807, 2.05) is 12.1 Å². The van der Waals surface area contributed by atoms with Crippen molar-refractivity contribution in [3.63, 3.8) is 0 Å². The molecule has 1 amide bonds. The molecule has 0 fully saturated rings. The van der Waals surface area contributed by atoms with Crippen LogP contribution in [-0.4, -0.2) is 11.7 Å². The van der Waals surface area contributed by atoms with Gasteiger partial charge in [-0.15, -0.1) is 0 Å². The standard InChI is InChI=1S/C13H11N3O2/c1-6-10-12(16-15-6)8-4-3-5-9(14-7(2)17)11(8)13(10)18/h3-5,12H,1-2H3,(H,14,17). The van der Waals surface area contributed by atoms with Crippen LogP contribution in [0.3, 0.4) is 0 Å². The number of nitrogens with zero attached hydrogens (tertiary/aromatic N) is 2. The van der Waals surface area contributed by atoms with Crippen LogP contribution in [0.4, 0.5) is 5.69 Å². The molecule has 90 valence electrons. The number of carbonyl (C=O) groups excluding carboxylic acids is 2. The Morgan fingerprint density at radius 1 is 1.39 bits per heavy atom. The molecule has 1 unspecified atom stereocenters. The highest BCUT2D eigenvalue weighted by Gasteiger charge is 2.40. The van der Waals surface area contributed by atoms with Crippen molar-refractivity contribution < 1.29 is 9.59 Å². The lowest BCUT2D eigenvalue weighted by atomic mass is 10.1. The molecule has 0 aromatic heterocycles. The number of Topliss-reactive ketones (excluding diaryl/α,β-unsaturated/α-hetero) is 1. The van der Waals surface area contributed by atoms with Crippen molar-refractivity contribution >= 4 is 17.4 Å². The Hall–Kier alpha value is -2.30. The highest BCUT2D eigenvalue weighted by molar-refractivity contribution is 6.19. The Kier molecular flexibility index (Phi) is 2.16. The van der Waals surface area contributed by atoms with E-state index in [1.165, 1.54) is 6.92 Å². The number of hydrogen-bond donors (Lipinski definition) is 1. The van der Waals surface area contributed by atoms with E-state index >= 15 is 0 Å². The average Bonchev–Trinajstić information content (AvgIpc) is 2.81. The van der Waals surface area contributed by atoms with Gasteiger partial charge in [0.1, 0.15) is 6.04 Å². The second kappa shape index (κ2) is 3.60. The number of amides is 1. The summed E-state index contributed by atoms with van der Waals surface area (Å²) in [6.45, 7) is 3.20. The van der Waals surface area contributed by atoms with E-state index in [9.17, 15) is 9.59 Å². The van der Waals surface area contributed by atoms with E-state index in [-0.39, 0.29) is 17.7 Å². The monoisotopic (exact) mass is 241 g/mol. The van der Waals surface area contributed by atoms with Gasteiger partial charge >= 0.3 is 0 Å². The predicted octanol–water partition coefficient (Wildman–Crippen LogP) is 2.62. The van der Waals surface area contributed by atoms with E-state index in [1.54, 1.807) is 13.0 Å². The first kappa shape index (κ1) is 10.8. The molecule has 1 N–H and O–H groups in total. The Morgan fingerprint density at radius 3 is 2.89 bits per heavy atom. The predicted molar refractivity (Wildman–Crippen MR) is 65.4 cm³/mol. The minimum atomic E-state index is -0.291. The highest BCUT2D eigenvalue weighted by atomic mass is 16.1. The lowest BCUT2D eigenvalue weighted by Crippen LogP contribution is -2.10. The fourth-order valence-electron chi connectivity index (χ4n) is 2.44. The number of fused-ring (bicyclic) bond motifs is 3. The van der Waals surface area contributed by atoms with Crippen LogP contribution in [0.1, 0.15) is 35.8 Å². The number of rotatable bonds is 1. The number of anilines is 1. The number of nitrogens with one attached hydrogen (secondary N) is 1. The van der Waals surface area contributed by atoms with Gasteiger partial charge in [-0.2, -0.15) is 10.2 Å². The van der Waals surface area contributed by atoms with Gasteiger partial charge in [-0.3, -0.25) is 9.59 Å². The Balaban J connectivity index is 2.19. The number of benzene rings is 1. The summed E-state index contributed by atoms with van der Waals surface area (Å²) in [7, 11) is 0. The second-order valence-corrected chi connectivity index (χ2v) is 4.40. The summed E-state index contributed by atoms with van der Waals surface area (Å²) >= 11 is 0. The van der Waals surface area contributed by atoms with E-state index in [4.69, 9.17) is 0 Å². The van der Waals surface area contributed by atoms with Gasteiger partial charge in [-0.1, -0.05) is 12.1 Å². The largest absolute Gasteiger partial charge is 0.326 e. The Morgan fingerprint density at radius 2 is 2.17 bits per heavy atom. The maximum Gasteiger partial charge on any atom is 0.221 e. The molecule has 3 rings (SSSR count). The smallest absolute Gasteiger partial charge is 0.221 e. The van der Waals surface area contributed by atoms with Gasteiger partial charge in [0.2, 0.25) is 5.91 Å². The lowest BCUT2D eigenvalue weighted by molar-refractivity contribution is -0.114. The van der Waals surface area contributed by atoms with Crippen molar-refractivity contribution in [3.05, 3.63) is 40.6 Å². The maximum absolute atomic E-state index is 12.4. The van der Waals surface area contributed by atoms with Gasteiger partial charge in [-0.05, 0) is 18.6 Å². The average molecular weight is 241 g/mol. The molecule has 1 aliphatic heterocycles. The van der Waals surface area contributed by atoms with Gasteiger partial charge in [-0.25, -0.2) is 0 Å². The fourth-order valence-corrected chi connectivity index (χ4v) is 2.44. The topological polar surface area (TPSA) is 70.9 Å². The summed E-state index contributed by atoms with van der Waals surface area (Å²) in [5.74, 6) is -0.276. The molecular weight excluding hydrogens is 230 g/mol. The van der Waals surface area contributed by atoms with E-state index in [0.717, 1.165) is 5.56 Å². The fraction of sp³-hybridized carbons (Fsp3) is 0.231. The number of carbonyl (C=O) groups is 2. The molecule has 1 aromatic carbocycles. The highest BCUT2D eigenvalue weighted by Crippen LogP contribution is 2.46. The third-order valence-corrected chi connectivity index (χ3v) is 3.16. The molecule has 1 heterocycles. The molecule has 0 radical (unpaired) electrons. The molecular formula is C13H11N3O2. The Bertz CT molecular complexity index is 644. The van der Waals surface area contributed by atoms with Crippen LogP contribution in [0.2, 0.25) is 0 Å². The van der Waals surface area contributed by atoms with Crippen LogP contribution >= 0.6 is 0 Å². The van der Waals surface area contributed by atoms with Gasteiger partial charge in [0.25, 0.3) is 0 Å². The molecule has 2 aliphatic rings. The van der Waals surface area contributed by atoms with E-state index in [0.29, 0.717) is 22.5 Å². The minimum Gasteiger partial charge on any atom is -0.326 e. The first-order valence-corrected chi connectivity index (χ1v) is 5.66. The van der Waals surface area contributed by atoms with Crippen molar-refractivity contribution in [1.82, 2.24) is 0 Å². The minimum absolute atomic E-state index is 0.0816. The zero-order chi connectivity index (χ0) is 12.9. The molecule has 1 aromatic rings. The quantitative estimate of drug-likeness (QED) is 0.820. The van der Waals surface area contributed by atoms with Crippen molar-refractivity contribution in [3.8, 4) is 0 Å². The summed E-state index contributed by atoms with van der Waals surface area (Å²) in [5.41, 5.74) is 3.21. The molecule has 5 nitrogen and oxygen atoms in total. The van der Waals surface area contributed by atoms with Crippen molar-refractivity contribution in [1.29, 1.82) is 0 Å². The van der Waals surface area contributed by atoms with Crippen LogP contribution in [0.5, 0.6) is 0 Å². The van der Waals surface area contributed by atoms with Crippen LogP contribution in [0, 0.1) is 0 Å². The normalized spacial score (nSPS) is 20.1. The van der Waals surface area contributed by atoms with Crippen LogP contribution < -0.4 is 5.32 Å². The van der Waals surface area contributed by atoms with Crippen LogP contribution in [0.25, 0.3) is 0 Å². The molecule has 0 saturated carbocycles. The zero-order valence-corrected chi connectivity index (χ0v) is 10.0. The zero-order valence-electron chi connectivity index (χ0n) is 10.0. The summed E-state index contributed by atoms with van der Waals surface area (Å²) in [6, 6.07) is 5.10. The number of ketones is 1. The number of hydrogen-bond acceptors (Lipinski definition) is 4. The lowest BCUT2D eigenvalue weighted by Gasteiger charge is -2.07. The molecule has 0 bridgehead atoms. The first-order valence-electron chi connectivity index (χ1n) is 5.66. The summed E-state index contributed by atoms with van der Waals surface area (Å²) < 4.78 is 0. The van der Waals surface area contributed by atoms with Crippen molar-refractivity contribution in [2.75, 3.05) is 5.32 Å². The molecule has 18 heavy (non-hydrogen) atoms. The van der Waals surface area contributed by atoms with E-state index in [2.05, 4.69) is 15.5 Å². The number of allylic oxidation sites excluding steroid dienone is 1. The Labute approximate surface area is 104 Å². The van der Waals surface area contributed by atoms with Crippen molar-refractivity contribution in [2.45, 2.75) is 19.9 Å². The SMILES string of the molecule is CC(=O)Nc1cccc2c1C(=O)C1=C(C)N=NC12. The van der Waals surface area contributed by atoms with Gasteiger partial charge in [0.05, 0.1) is 22.5 Å². The maximum atomic E-state index is 12.4. The number of azo groups is 1. The van der Waals surface area contributed by atoms with Gasteiger partial charge in [0, 0.05) is 6.92 Å². The molecule has 5 heteroatoms. The van der Waals surface area contributed by atoms with Gasteiger partial charge < -0.3 is 5.32 Å². The third-order valence-electron chi connectivity index (χ3n) is 3.16. The molecule has 1 aliphatic carbocycles. The third kappa shape index (κ3) is 1.33. The van der Waals surface area contributed by atoms with Crippen molar-refractivity contribution in [2.24, 2.45) is 10.2 Å².